The molecule has 0 saturated heterocycles. The molecular formula is C12H16BrClN2O3S. The predicted octanol–water partition coefficient (Wildman–Crippen LogP) is 2.67. The van der Waals surface area contributed by atoms with Gasteiger partial charge in [0.15, 0.2) is 0 Å². The molecule has 1 aromatic carbocycles. The molecule has 0 aromatic heterocycles. The maximum absolute atomic E-state index is 12.0. The van der Waals surface area contributed by atoms with Crippen molar-refractivity contribution in [3.05, 3.63) is 27.2 Å². The van der Waals surface area contributed by atoms with E-state index in [4.69, 9.17) is 16.7 Å². The van der Waals surface area contributed by atoms with Crippen molar-refractivity contribution < 1.29 is 13.2 Å². The number of benzene rings is 1. The van der Waals surface area contributed by atoms with E-state index < -0.39 is 15.9 Å². The molecule has 8 heteroatoms. The second-order valence-electron chi connectivity index (χ2n) is 4.27. The Kier molecular flexibility index (Phi) is 6.44. The first-order valence-corrected chi connectivity index (χ1v) is 8.79. The minimum Gasteiger partial charge on any atom is -0.352 e. The smallest absolute Gasteiger partial charge is 0.252 e. The molecule has 0 radical (unpaired) electrons. The first-order chi connectivity index (χ1) is 9.27. The monoisotopic (exact) mass is 382 g/mol. The molecule has 0 aliphatic rings. The number of carbonyl (C=O) groups excluding carboxylic acids is 1. The van der Waals surface area contributed by atoms with Crippen LogP contribution in [0.2, 0.25) is 5.02 Å². The number of carbonyl (C=O) groups is 1. The van der Waals surface area contributed by atoms with E-state index in [1.165, 1.54) is 12.1 Å². The van der Waals surface area contributed by atoms with E-state index in [1.807, 2.05) is 0 Å². The van der Waals surface area contributed by atoms with E-state index in [-0.39, 0.29) is 15.5 Å². The van der Waals surface area contributed by atoms with E-state index >= 15 is 0 Å². The molecule has 3 N–H and O–H groups in total. The lowest BCUT2D eigenvalue weighted by Crippen LogP contribution is -2.25. The van der Waals surface area contributed by atoms with Crippen LogP contribution < -0.4 is 10.5 Å². The summed E-state index contributed by atoms with van der Waals surface area (Å²) in [7, 11) is -3.90. The average Bonchev–Trinajstić information content (AvgIpc) is 2.36. The van der Waals surface area contributed by atoms with Gasteiger partial charge in [0.25, 0.3) is 5.91 Å². The summed E-state index contributed by atoms with van der Waals surface area (Å²) < 4.78 is 23.0. The molecule has 0 fully saturated rings. The van der Waals surface area contributed by atoms with Crippen molar-refractivity contribution in [3.63, 3.8) is 0 Å². The van der Waals surface area contributed by atoms with Gasteiger partial charge in [0.05, 0.1) is 15.5 Å². The minimum absolute atomic E-state index is 0.0848. The Bertz CT molecular complexity index is 605. The molecule has 1 aromatic rings. The lowest BCUT2D eigenvalue weighted by atomic mass is 10.2. The number of amides is 1. The zero-order valence-electron chi connectivity index (χ0n) is 10.9. The molecule has 1 rings (SSSR count). The van der Waals surface area contributed by atoms with Gasteiger partial charge in [-0.25, -0.2) is 13.6 Å². The fourth-order valence-electron chi connectivity index (χ4n) is 1.57. The van der Waals surface area contributed by atoms with Gasteiger partial charge in [-0.1, -0.05) is 31.4 Å². The van der Waals surface area contributed by atoms with Crippen molar-refractivity contribution in [1.29, 1.82) is 0 Å². The van der Waals surface area contributed by atoms with Gasteiger partial charge in [0.2, 0.25) is 10.0 Å². The highest BCUT2D eigenvalue weighted by Gasteiger charge is 2.18. The fourth-order valence-corrected chi connectivity index (χ4v) is 2.94. The summed E-state index contributed by atoms with van der Waals surface area (Å²) >= 11 is 9.13. The molecule has 0 saturated carbocycles. The molecule has 0 unspecified atom stereocenters. The Labute approximate surface area is 132 Å². The molecule has 0 heterocycles. The molecule has 112 valence electrons. The average molecular weight is 384 g/mol. The number of nitrogens with two attached hydrogens (primary N) is 1. The Morgan fingerprint density at radius 3 is 2.60 bits per heavy atom. The standard InChI is InChI=1S/C12H16BrClN2O3S/c1-2-3-4-5-16-12(17)9-6-8(20(15,18)19)7-10(13)11(9)14/h6-7H,2-5H2,1H3,(H,16,17)(H2,15,18,19). The van der Waals surface area contributed by atoms with Crippen molar-refractivity contribution in [3.8, 4) is 0 Å². The maximum Gasteiger partial charge on any atom is 0.252 e. The molecule has 5 nitrogen and oxygen atoms in total. The summed E-state index contributed by atoms with van der Waals surface area (Å²) in [6.07, 6.45) is 2.91. The number of primary sulfonamides is 1. The number of hydrogen-bond donors (Lipinski definition) is 2. The molecule has 0 atom stereocenters. The quantitative estimate of drug-likeness (QED) is 0.740. The van der Waals surface area contributed by atoms with Gasteiger partial charge in [-0.15, -0.1) is 0 Å². The van der Waals surface area contributed by atoms with Crippen LogP contribution in [0.4, 0.5) is 0 Å². The topological polar surface area (TPSA) is 89.3 Å². The minimum atomic E-state index is -3.90. The summed E-state index contributed by atoms with van der Waals surface area (Å²) in [5.74, 6) is -0.419. The fraction of sp³-hybridized carbons (Fsp3) is 0.417. The Morgan fingerprint density at radius 2 is 2.05 bits per heavy atom. The molecule has 0 bridgehead atoms. The summed E-state index contributed by atoms with van der Waals surface area (Å²) in [6, 6.07) is 2.45. The first-order valence-electron chi connectivity index (χ1n) is 6.07. The summed E-state index contributed by atoms with van der Waals surface area (Å²) in [5, 5.41) is 7.92. The number of rotatable bonds is 6. The van der Waals surface area contributed by atoms with Crippen LogP contribution in [-0.2, 0) is 10.0 Å². The van der Waals surface area contributed by atoms with Gasteiger partial charge in [-0.3, -0.25) is 4.79 Å². The van der Waals surface area contributed by atoms with Crippen molar-refractivity contribution >= 4 is 43.5 Å². The number of hydrogen-bond acceptors (Lipinski definition) is 3. The van der Waals surface area contributed by atoms with E-state index in [1.54, 1.807) is 0 Å². The van der Waals surface area contributed by atoms with Crippen LogP contribution in [-0.4, -0.2) is 20.9 Å². The Hall–Kier alpha value is -0.630. The van der Waals surface area contributed by atoms with Gasteiger partial charge in [-0.05, 0) is 34.5 Å². The van der Waals surface area contributed by atoms with Gasteiger partial charge in [0, 0.05) is 11.0 Å². The molecule has 1 amide bonds. The first kappa shape index (κ1) is 17.4. The summed E-state index contributed by atoms with van der Waals surface area (Å²) in [6.45, 7) is 2.58. The molecule has 0 aliphatic carbocycles. The van der Waals surface area contributed by atoms with E-state index in [2.05, 4.69) is 28.2 Å². The Morgan fingerprint density at radius 1 is 1.40 bits per heavy atom. The van der Waals surface area contributed by atoms with Gasteiger partial charge in [0.1, 0.15) is 0 Å². The number of nitrogens with one attached hydrogen (secondary N) is 1. The van der Waals surface area contributed by atoms with Crippen molar-refractivity contribution in [2.24, 2.45) is 5.14 Å². The predicted molar refractivity (Wildman–Crippen MR) is 82.4 cm³/mol. The number of halogens is 2. The second-order valence-corrected chi connectivity index (χ2v) is 7.07. The van der Waals surface area contributed by atoms with Crippen LogP contribution in [0.5, 0.6) is 0 Å². The second kappa shape index (κ2) is 7.40. The van der Waals surface area contributed by atoms with Crippen LogP contribution in [0.15, 0.2) is 21.5 Å². The molecule has 0 spiro atoms. The van der Waals surface area contributed by atoms with Crippen molar-refractivity contribution in [2.45, 2.75) is 31.1 Å². The lowest BCUT2D eigenvalue weighted by Gasteiger charge is -2.09. The third kappa shape index (κ3) is 4.73. The largest absolute Gasteiger partial charge is 0.352 e. The van der Waals surface area contributed by atoms with Gasteiger partial charge < -0.3 is 5.32 Å². The highest BCUT2D eigenvalue weighted by Crippen LogP contribution is 2.29. The van der Waals surface area contributed by atoms with Crippen LogP contribution >= 0.6 is 27.5 Å². The van der Waals surface area contributed by atoms with Crippen LogP contribution in [0.25, 0.3) is 0 Å². The number of unbranched alkanes of at least 4 members (excludes halogenated alkanes) is 2. The highest BCUT2D eigenvalue weighted by atomic mass is 79.9. The summed E-state index contributed by atoms with van der Waals surface area (Å²) in [5.41, 5.74) is 0.0848. The van der Waals surface area contributed by atoms with E-state index in [0.717, 1.165) is 19.3 Å². The maximum atomic E-state index is 12.0. The van der Waals surface area contributed by atoms with Crippen molar-refractivity contribution in [1.82, 2.24) is 5.32 Å². The zero-order chi connectivity index (χ0) is 15.3. The van der Waals surface area contributed by atoms with Crippen molar-refractivity contribution in [2.75, 3.05) is 6.54 Å². The zero-order valence-corrected chi connectivity index (χ0v) is 14.1. The van der Waals surface area contributed by atoms with E-state index in [9.17, 15) is 13.2 Å². The summed E-state index contributed by atoms with van der Waals surface area (Å²) in [4.78, 5) is 11.8. The van der Waals surface area contributed by atoms with Gasteiger partial charge in [-0.2, -0.15) is 0 Å². The Balaban J connectivity index is 2.99. The third-order valence-electron chi connectivity index (χ3n) is 2.64. The SMILES string of the molecule is CCCCCNC(=O)c1cc(S(N)(=O)=O)cc(Br)c1Cl. The lowest BCUT2D eigenvalue weighted by molar-refractivity contribution is 0.0953. The molecular weight excluding hydrogens is 368 g/mol. The molecule has 0 aliphatic heterocycles. The molecule has 20 heavy (non-hydrogen) atoms. The van der Waals surface area contributed by atoms with Crippen LogP contribution in [0.1, 0.15) is 36.5 Å². The number of sulfonamides is 1. The third-order valence-corrected chi connectivity index (χ3v) is 4.79. The normalized spacial score (nSPS) is 11.4. The van der Waals surface area contributed by atoms with E-state index in [0.29, 0.717) is 11.0 Å². The van der Waals surface area contributed by atoms with Crippen LogP contribution in [0, 0.1) is 0 Å². The van der Waals surface area contributed by atoms with Gasteiger partial charge >= 0.3 is 0 Å². The van der Waals surface area contributed by atoms with Crippen LogP contribution in [0.3, 0.4) is 0 Å². The highest BCUT2D eigenvalue weighted by molar-refractivity contribution is 9.10.